The Balaban J connectivity index is 1.58. The number of benzene rings is 1. The highest BCUT2D eigenvalue weighted by Gasteiger charge is 2.99. The maximum absolute atomic E-state index is 15.1. The Morgan fingerprint density at radius 2 is 0.627 bits per heavy atom. The Hall–Kier alpha value is -5.48. The summed E-state index contributed by atoms with van der Waals surface area (Å²) in [7, 11) is 0. The maximum atomic E-state index is 15.1. The highest BCUT2D eigenvalue weighted by molar-refractivity contribution is 5.91. The molecule has 1 aromatic rings. The standard InChI is InChI=1S/C70H73F51O5/c1-32(2)13-12-14-33(3)38-17-18-39-37-16-15-35-31-36(19-24-45(35,4)40(37)20-25-46(38,39)5)126-44(122)34-29-41(123-26-9-6-21-47(71,72)50(77,78)53(83,84)56(89,90)59(95,96)62(101,102)65(107,108)68(113,114)115)43(125-28-11-8-23-49(75,76)52(81,82)55(87,88)58(93,94)61(99,100)64(105,106)67(111,112)70(119,120)121)42(30-34)124-27-10-7-22-48(73,74)51(79,80)54(85,86)57(91,92)60(97,98)63(103,104)66(109,110)69(116,117)118/h29-30,32-33,35-40H,6-28,31H2,1-5H3/t33-,35?,36+,37+,38-,39+,40+,45+,46-/m1/s1. The van der Waals surface area contributed by atoms with Crippen LogP contribution in [0.2, 0.25) is 0 Å². The molecule has 0 N–H and O–H groups in total. The van der Waals surface area contributed by atoms with Gasteiger partial charge in [-0.25, -0.2) is 4.79 Å². The molecule has 5 rings (SSSR count). The molecule has 0 radical (unpaired) electrons. The summed E-state index contributed by atoms with van der Waals surface area (Å²) in [6.07, 6.45) is -39.8. The van der Waals surface area contributed by atoms with E-state index in [0.29, 0.717) is 37.0 Å². The average molecular weight is 1960 g/mol. The SMILES string of the molecule is CC(C)CCC[C@@H](C)[C@H]1CC[C@H]2[C@@H]3CCC4C[C@@H](OC(=O)c5cc(OCCCCC(F)(F)C(F)(F)C(F)(F)C(F)(F)C(F)(F)C(F)(F)C(F)(F)C(F)(F)F)c(OCCCCC(F)(F)C(F)(F)C(F)(F)C(F)(F)C(F)(F)C(F)(F)C(F)(F)C(F)(F)F)c(OCCCCC(F)(F)C(F)(F)C(F)(F)C(F)(F)C(F)(F)C(F)(F)C(F)(F)C(F)(F)F)c5)CC[C@]4(C)[C@H]3CC[C@]12C. The Morgan fingerprint density at radius 1 is 0.333 bits per heavy atom. The number of unbranched alkanes of at least 4 members (excludes halogenated alkanes) is 3. The molecule has 1 unspecified atom stereocenters. The lowest BCUT2D eigenvalue weighted by Gasteiger charge is -2.61. The molecule has 4 aliphatic rings. The van der Waals surface area contributed by atoms with E-state index in [-0.39, 0.29) is 60.5 Å². The van der Waals surface area contributed by atoms with E-state index >= 15 is 26.3 Å². The van der Waals surface area contributed by atoms with Crippen LogP contribution in [0.1, 0.15) is 180 Å². The summed E-state index contributed by atoms with van der Waals surface area (Å²) < 4.78 is 738. The summed E-state index contributed by atoms with van der Waals surface area (Å²) in [4.78, 5) is 14.4. The van der Waals surface area contributed by atoms with Crippen LogP contribution in [0.25, 0.3) is 0 Å². The van der Waals surface area contributed by atoms with Gasteiger partial charge in [-0.3, -0.25) is 0 Å². The molecule has 56 heteroatoms. The van der Waals surface area contributed by atoms with Crippen LogP contribution >= 0.6 is 0 Å². The molecule has 0 heterocycles. The number of alkyl halides is 51. The van der Waals surface area contributed by atoms with Crippen LogP contribution in [-0.2, 0) is 4.74 Å². The first-order valence-corrected chi connectivity index (χ1v) is 37.2. The lowest BCUT2D eigenvalue weighted by Crippen LogP contribution is -2.74. The molecular formula is C70H73F51O5. The molecule has 4 aliphatic carbocycles. The van der Waals surface area contributed by atoms with Crippen molar-refractivity contribution in [3.63, 3.8) is 0 Å². The van der Waals surface area contributed by atoms with Crippen molar-refractivity contribution < 1.29 is 248 Å². The largest absolute Gasteiger partial charge is 0.490 e. The summed E-state index contributed by atoms with van der Waals surface area (Å²) in [5, 5.41) is 0. The van der Waals surface area contributed by atoms with Gasteiger partial charge in [0.1, 0.15) is 6.10 Å². The predicted octanol–water partition coefficient (Wildman–Crippen LogP) is 29.0. The summed E-state index contributed by atoms with van der Waals surface area (Å²) in [6.45, 7) is 5.12. The van der Waals surface area contributed by atoms with E-state index in [0.717, 1.165) is 38.5 Å². The topological polar surface area (TPSA) is 54.0 Å². The lowest BCUT2D eigenvalue weighted by molar-refractivity contribution is -0.461. The molecule has 1 aromatic carbocycles. The van der Waals surface area contributed by atoms with E-state index in [9.17, 15) is 202 Å². The lowest BCUT2D eigenvalue weighted by atomic mass is 9.44. The van der Waals surface area contributed by atoms with Crippen LogP contribution in [0.15, 0.2) is 12.1 Å². The van der Waals surface area contributed by atoms with Gasteiger partial charge in [0.05, 0.1) is 25.4 Å². The molecule has 0 saturated heterocycles. The Bertz CT molecular complexity index is 3710. The molecule has 4 fully saturated rings. The van der Waals surface area contributed by atoms with E-state index in [1.807, 2.05) is 6.92 Å². The smallest absolute Gasteiger partial charge is 0.460 e. The van der Waals surface area contributed by atoms with Gasteiger partial charge in [-0.1, -0.05) is 53.9 Å². The fraction of sp³-hybridized carbons (Fsp3) is 0.900. The van der Waals surface area contributed by atoms with Crippen molar-refractivity contribution in [1.82, 2.24) is 0 Å². The number of hydrogen-bond donors (Lipinski definition) is 0. The van der Waals surface area contributed by atoms with E-state index < -0.39 is 261 Å². The highest BCUT2D eigenvalue weighted by Crippen LogP contribution is 2.72. The van der Waals surface area contributed by atoms with Crippen molar-refractivity contribution in [2.75, 3.05) is 19.8 Å². The number of rotatable bonds is 43. The summed E-state index contributed by atoms with van der Waals surface area (Å²) in [5.74, 6) is -186. The van der Waals surface area contributed by atoms with Crippen molar-refractivity contribution in [3.05, 3.63) is 17.7 Å². The first-order chi connectivity index (χ1) is 55.7. The van der Waals surface area contributed by atoms with Gasteiger partial charge < -0.3 is 18.9 Å². The maximum Gasteiger partial charge on any atom is 0.460 e. The van der Waals surface area contributed by atoms with Gasteiger partial charge in [0.2, 0.25) is 5.75 Å². The molecule has 9 atom stereocenters. The number of carbonyl (C=O) groups excluding carboxylic acids is 1. The quantitative estimate of drug-likeness (QED) is 0.0371. The van der Waals surface area contributed by atoms with Crippen LogP contribution in [0.3, 0.4) is 0 Å². The van der Waals surface area contributed by atoms with Crippen molar-refractivity contribution in [1.29, 1.82) is 0 Å². The number of carbonyl (C=O) groups is 1. The molecule has 0 bridgehead atoms. The van der Waals surface area contributed by atoms with E-state index in [1.165, 1.54) is 0 Å². The molecule has 126 heavy (non-hydrogen) atoms. The Morgan fingerprint density at radius 3 is 0.944 bits per heavy atom. The number of ether oxygens (including phenoxy) is 4. The minimum atomic E-state index is -9.14. The molecule has 5 nitrogen and oxygen atoms in total. The fourth-order valence-corrected chi connectivity index (χ4v) is 16.6. The van der Waals surface area contributed by atoms with Crippen LogP contribution in [0.5, 0.6) is 17.2 Å². The third-order valence-electron chi connectivity index (χ3n) is 24.1. The van der Waals surface area contributed by atoms with E-state index in [1.54, 1.807) is 0 Å². The average Bonchev–Trinajstić information content (AvgIpc) is 1.05. The molecule has 740 valence electrons. The monoisotopic (exact) mass is 1960 g/mol. The molecule has 0 aromatic heterocycles. The van der Waals surface area contributed by atoms with Gasteiger partial charge >= 0.3 is 149 Å². The van der Waals surface area contributed by atoms with Crippen LogP contribution in [-0.4, -0.2) is 175 Å². The van der Waals surface area contributed by atoms with E-state index in [4.69, 9.17) is 18.9 Å². The zero-order chi connectivity index (χ0) is 98.7. The fourth-order valence-electron chi connectivity index (χ4n) is 16.6. The van der Waals surface area contributed by atoms with Gasteiger partial charge in [-0.15, -0.1) is 0 Å². The second kappa shape index (κ2) is 34.8. The van der Waals surface area contributed by atoms with Gasteiger partial charge in [-0.2, -0.15) is 224 Å². The second-order valence-corrected chi connectivity index (χ2v) is 32.7. The number of fused-ring (bicyclic) bond motifs is 5. The van der Waals surface area contributed by atoms with Crippen LogP contribution in [0.4, 0.5) is 224 Å². The third-order valence-corrected chi connectivity index (χ3v) is 24.1. The van der Waals surface area contributed by atoms with Crippen LogP contribution < -0.4 is 14.2 Å². The normalized spacial score (nSPS) is 23.6. The van der Waals surface area contributed by atoms with Crippen molar-refractivity contribution >= 4 is 5.97 Å². The van der Waals surface area contributed by atoms with Crippen molar-refractivity contribution in [3.8, 4) is 17.2 Å². The van der Waals surface area contributed by atoms with Crippen molar-refractivity contribution in [2.45, 2.75) is 318 Å². The summed E-state index contributed by atoms with van der Waals surface area (Å²) >= 11 is 0. The highest BCUT2D eigenvalue weighted by atomic mass is 19.5. The third kappa shape index (κ3) is 17.9. The molecule has 0 aliphatic heterocycles. The molecule has 0 spiro atoms. The van der Waals surface area contributed by atoms with Gasteiger partial charge in [0.15, 0.2) is 11.5 Å². The van der Waals surface area contributed by atoms with Gasteiger partial charge in [-0.05, 0) is 161 Å². The molecular weight excluding hydrogens is 1890 g/mol. The summed E-state index contributed by atoms with van der Waals surface area (Å²) in [5.41, 5.74) is -1.81. The zero-order valence-electron chi connectivity index (χ0n) is 64.6. The van der Waals surface area contributed by atoms with E-state index in [2.05, 4.69) is 27.7 Å². The number of esters is 1. The number of halogens is 51. The zero-order valence-corrected chi connectivity index (χ0v) is 64.6. The van der Waals surface area contributed by atoms with Crippen LogP contribution in [0, 0.1) is 52.3 Å². The Labute approximate surface area is 678 Å². The minimum Gasteiger partial charge on any atom is -0.490 e. The Kier molecular flexibility index (Phi) is 30.7. The first-order valence-electron chi connectivity index (χ1n) is 37.2. The molecule has 0 amide bonds. The molecule has 4 saturated carbocycles. The van der Waals surface area contributed by atoms with Gasteiger partial charge in [0, 0.05) is 19.3 Å². The summed E-state index contributed by atoms with van der Waals surface area (Å²) in [6, 6.07) is 0.350. The van der Waals surface area contributed by atoms with Gasteiger partial charge in [0.25, 0.3) is 0 Å². The van der Waals surface area contributed by atoms with Crippen molar-refractivity contribution in [2.24, 2.45) is 52.3 Å². The first kappa shape index (κ1) is 111. The minimum absolute atomic E-state index is 0.0374. The predicted molar refractivity (Wildman–Crippen MR) is 329 cm³/mol. The second-order valence-electron chi connectivity index (χ2n) is 32.7. The number of hydrogen-bond acceptors (Lipinski definition) is 5.